The number of aromatic nitrogens is 4. The molecule has 0 aliphatic rings. The van der Waals surface area contributed by atoms with Crippen molar-refractivity contribution < 1.29 is 24.5 Å². The quantitative estimate of drug-likeness (QED) is 0.106. The Morgan fingerprint density at radius 3 is 2.14 bits per heavy atom. The molecule has 0 saturated heterocycles. The molecule has 8 heteroatoms. The summed E-state index contributed by atoms with van der Waals surface area (Å²) in [5.74, 6) is 9.28. The van der Waals surface area contributed by atoms with Crippen molar-refractivity contribution in [3.05, 3.63) is 162 Å². The van der Waals surface area contributed by atoms with Crippen molar-refractivity contribution in [1.82, 2.24) is 19.5 Å². The number of rotatable bonds is 9. The second kappa shape index (κ2) is 19.0. The molecule has 4 heterocycles. The molecule has 0 amide bonds. The molecule has 5 aromatic carbocycles. The third-order valence-electron chi connectivity index (χ3n) is 11.4. The molecule has 0 spiro atoms. The van der Waals surface area contributed by atoms with Crippen molar-refractivity contribution in [2.45, 2.75) is 77.1 Å². The Morgan fingerprint density at radius 1 is 0.778 bits per heavy atom. The molecule has 0 atom stereocenters. The second-order valence-electron chi connectivity index (χ2n) is 18.2. The van der Waals surface area contributed by atoms with Crippen LogP contribution in [0.3, 0.4) is 0 Å². The number of fused-ring (bicyclic) bond motifs is 4. The molecule has 1 radical (unpaired) electrons. The maximum absolute atomic E-state index is 9.47. The van der Waals surface area contributed by atoms with Gasteiger partial charge < -0.3 is 8.98 Å². The summed E-state index contributed by atoms with van der Waals surface area (Å²) in [6, 6.07) is 46.3. The molecule has 6 nitrogen and oxygen atoms in total. The van der Waals surface area contributed by atoms with Crippen LogP contribution in [0.4, 0.5) is 0 Å². The Balaban J connectivity index is 0.000000239. The summed E-state index contributed by atoms with van der Waals surface area (Å²) in [6.45, 7) is 13.6. The van der Waals surface area contributed by atoms with E-state index in [9.17, 15) is 5.26 Å². The molecule has 0 bridgehead atoms. The van der Waals surface area contributed by atoms with Gasteiger partial charge >= 0.3 is 125 Å². The van der Waals surface area contributed by atoms with Crippen molar-refractivity contribution in [2.75, 3.05) is 0 Å². The molecular formula is C55H53GeIrN5O-2. The number of imidazole rings is 1. The molecular weight excluding hydrogens is 1010 g/mol. The van der Waals surface area contributed by atoms with Crippen molar-refractivity contribution in [3.63, 3.8) is 0 Å². The fourth-order valence-corrected chi connectivity index (χ4v) is 11.8. The Kier molecular flexibility index (Phi) is 13.7. The van der Waals surface area contributed by atoms with Gasteiger partial charge in [-0.2, -0.15) is 5.26 Å². The van der Waals surface area contributed by atoms with Crippen molar-refractivity contribution in [3.8, 4) is 45.5 Å². The summed E-state index contributed by atoms with van der Waals surface area (Å²) in [5.41, 5.74) is 14.4. The zero-order valence-electron chi connectivity index (χ0n) is 37.5. The van der Waals surface area contributed by atoms with E-state index in [1.165, 1.54) is 32.2 Å². The van der Waals surface area contributed by atoms with Crippen LogP contribution in [-0.4, -0.2) is 32.8 Å². The van der Waals surface area contributed by atoms with Gasteiger partial charge in [-0.1, -0.05) is 87.2 Å². The van der Waals surface area contributed by atoms with Crippen LogP contribution in [0.5, 0.6) is 0 Å². The molecule has 0 N–H and O–H groups in total. The van der Waals surface area contributed by atoms with Gasteiger partial charge in [-0.15, -0.1) is 18.2 Å². The predicted octanol–water partition coefficient (Wildman–Crippen LogP) is 13.9. The van der Waals surface area contributed by atoms with Crippen molar-refractivity contribution in [2.24, 2.45) is 5.92 Å². The van der Waals surface area contributed by atoms with Gasteiger partial charge in [0.25, 0.3) is 0 Å². The molecule has 0 aliphatic carbocycles. The average molecular weight is 1060 g/mol. The van der Waals surface area contributed by atoms with E-state index in [-0.39, 0.29) is 31.9 Å². The fraction of sp³-hybridized carbons (Fsp3) is 0.236. The molecule has 4 aromatic heterocycles. The van der Waals surface area contributed by atoms with Gasteiger partial charge in [-0.3, -0.25) is 4.98 Å². The first-order valence-electron chi connectivity index (χ1n) is 21.6. The van der Waals surface area contributed by atoms with E-state index in [1.54, 1.807) is 18.5 Å². The zero-order chi connectivity index (χ0) is 43.7. The standard InChI is InChI=1S/C38H30N3O.C17H23GeN2.Ir/c1-23(2)31-20-27(26-11-6-5-7-12-26)21-32(24(3)4)36(31)41-34-16-9-8-15-33(34)40-38(41)30-14-10-13-29-28-18-17-25(22-39)19-35(28)42-37(29)30;1-13(2)10-15-11-17(14-6-8-19-9-7-14)20-12-16(15)18(3,4)5;/h5-13,15-21,23-24H,1-4H3;6,8-9,11-13H,10H2,1-5H3;/q2*-1;. The Bertz CT molecular complexity index is 3050. The van der Waals surface area contributed by atoms with Gasteiger partial charge in [0.1, 0.15) is 5.58 Å². The average Bonchev–Trinajstić information content (AvgIpc) is 3.84. The molecule has 0 unspecified atom stereocenters. The van der Waals surface area contributed by atoms with E-state index in [0.717, 1.165) is 62.1 Å². The van der Waals surface area contributed by atoms with E-state index in [0.29, 0.717) is 17.1 Å². The zero-order valence-corrected chi connectivity index (χ0v) is 42.0. The minimum absolute atomic E-state index is 0. The predicted molar refractivity (Wildman–Crippen MR) is 259 cm³/mol. The smallest absolute Gasteiger partial charge is 0.122 e. The van der Waals surface area contributed by atoms with Crippen LogP contribution >= 0.6 is 0 Å². The van der Waals surface area contributed by atoms with Crippen molar-refractivity contribution >= 4 is 50.6 Å². The number of para-hydroxylation sites is 2. The SMILES string of the molecule is CC(C)Cc1cc(-c2[c-]cncc2)nc[c]1[Ge]([CH3])([CH3])[CH3].CC(C)c1cc(-c2ccccc2)cc(C(C)C)c1-n1c(-c2[c-]ccc3c2oc2cc(C#N)ccc23)nc2ccccc21.[Ir]. The summed E-state index contributed by atoms with van der Waals surface area (Å²) in [6.07, 6.45) is 6.74. The first-order chi connectivity index (χ1) is 29.8. The molecule has 9 rings (SSSR count). The number of hydrogen-bond acceptors (Lipinski definition) is 5. The van der Waals surface area contributed by atoms with Crippen LogP contribution in [0, 0.1) is 29.4 Å². The summed E-state index contributed by atoms with van der Waals surface area (Å²) < 4.78 is 10.3. The number of nitrogens with zero attached hydrogens (tertiary/aromatic N) is 5. The van der Waals surface area contributed by atoms with E-state index >= 15 is 0 Å². The minimum atomic E-state index is -1.87. The van der Waals surface area contributed by atoms with Gasteiger partial charge in [0.15, 0.2) is 0 Å². The van der Waals surface area contributed by atoms with E-state index in [4.69, 9.17) is 9.40 Å². The summed E-state index contributed by atoms with van der Waals surface area (Å²) in [4.78, 5) is 13.9. The van der Waals surface area contributed by atoms with Crippen LogP contribution < -0.4 is 4.40 Å². The minimum Gasteiger partial charge on any atom is -0.500 e. The maximum atomic E-state index is 9.47. The van der Waals surface area contributed by atoms with Crippen LogP contribution in [0.2, 0.25) is 17.3 Å². The van der Waals surface area contributed by atoms with Crippen LogP contribution in [0.1, 0.15) is 75.6 Å². The topological polar surface area (TPSA) is 80.5 Å². The third-order valence-corrected chi connectivity index (χ3v) is 15.7. The van der Waals surface area contributed by atoms with E-state index in [2.05, 4.69) is 164 Å². The Hall–Kier alpha value is -5.65. The number of furan rings is 1. The molecule has 0 fully saturated rings. The normalized spacial score (nSPS) is 11.6. The molecule has 63 heavy (non-hydrogen) atoms. The molecule has 0 saturated carbocycles. The monoisotopic (exact) mass is 1070 g/mol. The maximum Gasteiger partial charge on any atom is 0.122 e. The molecule has 9 aromatic rings. The van der Waals surface area contributed by atoms with Crippen LogP contribution in [0.15, 0.2) is 132 Å². The number of hydrogen-bond donors (Lipinski definition) is 0. The number of benzene rings is 5. The van der Waals surface area contributed by atoms with E-state index < -0.39 is 13.3 Å². The van der Waals surface area contributed by atoms with E-state index in [1.807, 2.05) is 36.4 Å². The van der Waals surface area contributed by atoms with Gasteiger partial charge in [-0.05, 0) is 70.5 Å². The Morgan fingerprint density at radius 2 is 1.49 bits per heavy atom. The van der Waals surface area contributed by atoms with Gasteiger partial charge in [0, 0.05) is 31.2 Å². The fourth-order valence-electron chi connectivity index (χ4n) is 8.42. The van der Waals surface area contributed by atoms with Gasteiger partial charge in [-0.25, -0.2) is 0 Å². The van der Waals surface area contributed by atoms with Crippen LogP contribution in [-0.2, 0) is 26.5 Å². The van der Waals surface area contributed by atoms with Gasteiger partial charge in [0.2, 0.25) is 0 Å². The van der Waals surface area contributed by atoms with Crippen LogP contribution in [0.25, 0.3) is 72.4 Å². The van der Waals surface area contributed by atoms with Gasteiger partial charge in [0.05, 0.1) is 34.1 Å². The first-order valence-corrected chi connectivity index (χ1v) is 29.0. The summed E-state index contributed by atoms with van der Waals surface area (Å²) in [7, 11) is 0. The molecule has 0 aliphatic heterocycles. The Labute approximate surface area is 388 Å². The first kappa shape index (κ1) is 45.4. The third kappa shape index (κ3) is 9.36. The number of nitriles is 1. The second-order valence-corrected chi connectivity index (χ2v) is 28.8. The largest absolute Gasteiger partial charge is 0.500 e. The van der Waals surface area contributed by atoms with Crippen molar-refractivity contribution in [1.29, 1.82) is 5.26 Å². The summed E-state index contributed by atoms with van der Waals surface area (Å²) >= 11 is -1.87. The summed E-state index contributed by atoms with van der Waals surface area (Å²) in [5, 5.41) is 11.4. The number of pyridine rings is 2. The molecule has 319 valence electrons.